The monoisotopic (exact) mass is 504 g/mol. The maximum Gasteiger partial charge on any atom is 0.224 e. The molecule has 0 amide bonds. The van der Waals surface area contributed by atoms with Gasteiger partial charge in [-0.3, -0.25) is 4.57 Å². The van der Waals surface area contributed by atoms with Gasteiger partial charge < -0.3 is 20.8 Å². The van der Waals surface area contributed by atoms with E-state index in [0.717, 1.165) is 25.7 Å². The number of anilines is 3. The van der Waals surface area contributed by atoms with E-state index in [9.17, 15) is 23.4 Å². The number of hydrogen-bond donors (Lipinski definition) is 4. The Morgan fingerprint density at radius 3 is 2.33 bits per heavy atom. The molecule has 1 aromatic carbocycles. The maximum absolute atomic E-state index is 14.5. The van der Waals surface area contributed by atoms with Crippen LogP contribution in [0.4, 0.5) is 30.8 Å². The summed E-state index contributed by atoms with van der Waals surface area (Å²) in [5.41, 5.74) is -0.440. The van der Waals surface area contributed by atoms with Crippen molar-refractivity contribution in [2.75, 3.05) is 10.6 Å². The molecule has 2 atom stereocenters. The van der Waals surface area contributed by atoms with Gasteiger partial charge in [0.25, 0.3) is 0 Å². The van der Waals surface area contributed by atoms with Crippen LogP contribution in [0.2, 0.25) is 0 Å². The van der Waals surface area contributed by atoms with Crippen LogP contribution in [-0.4, -0.2) is 47.5 Å². The number of nitrogens with zero attached hydrogens (tertiary/aromatic N) is 4. The number of aliphatic hydroxyl groups is 2. The number of imidazole rings is 1. The van der Waals surface area contributed by atoms with E-state index in [0.29, 0.717) is 48.5 Å². The van der Waals surface area contributed by atoms with Gasteiger partial charge in [0.15, 0.2) is 17.3 Å². The Morgan fingerprint density at radius 1 is 1.00 bits per heavy atom. The molecule has 0 spiro atoms. The highest BCUT2D eigenvalue weighted by atomic mass is 19.1. The maximum atomic E-state index is 14.5. The molecule has 0 bridgehead atoms. The van der Waals surface area contributed by atoms with Crippen LogP contribution >= 0.6 is 0 Å². The van der Waals surface area contributed by atoms with Crippen molar-refractivity contribution in [3.63, 3.8) is 0 Å². The Bertz CT molecular complexity index is 1230. The number of benzene rings is 1. The number of aliphatic hydroxyl groups excluding tert-OH is 1. The third-order valence-corrected chi connectivity index (χ3v) is 7.48. The Hall–Kier alpha value is -2.92. The molecule has 1 unspecified atom stereocenters. The summed E-state index contributed by atoms with van der Waals surface area (Å²) < 4.78 is 44.2. The minimum absolute atomic E-state index is 0.0280. The molecular weight excluding hydrogens is 473 g/mol. The lowest BCUT2D eigenvalue weighted by molar-refractivity contribution is 0.0186. The van der Waals surface area contributed by atoms with Gasteiger partial charge in [-0.25, -0.2) is 23.1 Å². The lowest BCUT2D eigenvalue weighted by atomic mass is 9.89. The van der Waals surface area contributed by atoms with Crippen molar-refractivity contribution in [1.29, 1.82) is 0 Å². The van der Waals surface area contributed by atoms with Crippen LogP contribution in [-0.2, 0) is 0 Å². The molecule has 0 saturated heterocycles. The average Bonchev–Trinajstić information content (AvgIpc) is 3.42. The number of halogens is 3. The molecule has 2 saturated carbocycles. The van der Waals surface area contributed by atoms with Crippen LogP contribution < -0.4 is 10.6 Å². The Labute approximate surface area is 207 Å². The minimum Gasteiger partial charge on any atom is -0.393 e. The van der Waals surface area contributed by atoms with E-state index in [1.807, 2.05) is 0 Å². The first kappa shape index (κ1) is 24.8. The summed E-state index contributed by atoms with van der Waals surface area (Å²) >= 11 is 0. The van der Waals surface area contributed by atoms with E-state index in [4.69, 9.17) is 4.98 Å². The standard InChI is InChI=1S/C25H31F3N6O2/c1-25(2,36)13-3-6-16(9-13)34-22-20(12-29-23(33-22)30-15-4-7-17(35)8-5-15)31-24(34)32-21-18(27)10-14(26)11-19(21)28/h10-13,15-17,35-36H,3-9H2,1-2H3,(H,31,32)(H,29,30,33)/t13?,15?,16-,17?/m0/s1. The molecule has 194 valence electrons. The van der Waals surface area contributed by atoms with Crippen molar-refractivity contribution in [2.45, 2.75) is 82.6 Å². The van der Waals surface area contributed by atoms with E-state index in [2.05, 4.69) is 20.6 Å². The topological polar surface area (TPSA) is 108 Å². The molecule has 2 aliphatic rings. The number of hydrogen-bond acceptors (Lipinski definition) is 7. The third-order valence-electron chi connectivity index (χ3n) is 7.48. The predicted molar refractivity (Wildman–Crippen MR) is 129 cm³/mol. The quantitative estimate of drug-likeness (QED) is 0.381. The van der Waals surface area contributed by atoms with Gasteiger partial charge >= 0.3 is 0 Å². The lowest BCUT2D eigenvalue weighted by Gasteiger charge is -2.26. The van der Waals surface area contributed by atoms with Crippen molar-refractivity contribution in [1.82, 2.24) is 19.5 Å². The van der Waals surface area contributed by atoms with E-state index < -0.39 is 28.7 Å². The molecule has 4 N–H and O–H groups in total. The summed E-state index contributed by atoms with van der Waals surface area (Å²) in [6.45, 7) is 3.56. The highest BCUT2D eigenvalue weighted by Crippen LogP contribution is 2.43. The van der Waals surface area contributed by atoms with Crippen molar-refractivity contribution in [3.8, 4) is 0 Å². The molecule has 2 fully saturated rings. The summed E-state index contributed by atoms with van der Waals surface area (Å²) in [5, 5.41) is 26.4. The molecule has 0 radical (unpaired) electrons. The summed E-state index contributed by atoms with van der Waals surface area (Å²) in [4.78, 5) is 13.6. The molecule has 11 heteroatoms. The average molecular weight is 505 g/mol. The van der Waals surface area contributed by atoms with E-state index in [1.165, 1.54) is 0 Å². The zero-order valence-electron chi connectivity index (χ0n) is 20.3. The van der Waals surface area contributed by atoms with Crippen LogP contribution in [0, 0.1) is 23.4 Å². The number of rotatable bonds is 6. The fourth-order valence-electron chi connectivity index (χ4n) is 5.40. The van der Waals surface area contributed by atoms with Gasteiger partial charge in [-0.2, -0.15) is 4.98 Å². The van der Waals surface area contributed by atoms with Crippen LogP contribution in [0.25, 0.3) is 11.2 Å². The van der Waals surface area contributed by atoms with E-state index in [-0.39, 0.29) is 30.1 Å². The summed E-state index contributed by atoms with van der Waals surface area (Å²) in [6, 6.07) is 1.23. The number of nitrogens with one attached hydrogen (secondary N) is 2. The van der Waals surface area contributed by atoms with Gasteiger partial charge in [-0.05, 0) is 64.7 Å². The van der Waals surface area contributed by atoms with Gasteiger partial charge in [-0.1, -0.05) is 0 Å². The predicted octanol–water partition coefficient (Wildman–Crippen LogP) is 4.81. The second kappa shape index (κ2) is 9.51. The second-order valence-electron chi connectivity index (χ2n) is 10.5. The third kappa shape index (κ3) is 4.99. The largest absolute Gasteiger partial charge is 0.393 e. The highest BCUT2D eigenvalue weighted by Gasteiger charge is 2.37. The molecule has 5 rings (SSSR count). The van der Waals surface area contributed by atoms with Crippen LogP contribution in [0.1, 0.15) is 64.8 Å². The summed E-state index contributed by atoms with van der Waals surface area (Å²) in [6.07, 6.45) is 6.42. The number of fused-ring (bicyclic) bond motifs is 1. The fraction of sp³-hybridized carbons (Fsp3) is 0.560. The molecule has 36 heavy (non-hydrogen) atoms. The molecule has 2 aliphatic carbocycles. The lowest BCUT2D eigenvalue weighted by Crippen LogP contribution is -2.29. The number of aromatic nitrogens is 4. The smallest absolute Gasteiger partial charge is 0.224 e. The Balaban J connectivity index is 1.52. The van der Waals surface area contributed by atoms with Crippen molar-refractivity contribution < 1.29 is 23.4 Å². The Kier molecular flexibility index (Phi) is 6.54. The van der Waals surface area contributed by atoms with E-state index in [1.54, 1.807) is 24.6 Å². The molecule has 3 aromatic rings. The summed E-state index contributed by atoms with van der Waals surface area (Å²) in [5.74, 6) is -2.54. The minimum atomic E-state index is -1.07. The van der Waals surface area contributed by atoms with Gasteiger partial charge in [0.1, 0.15) is 17.0 Å². The second-order valence-corrected chi connectivity index (χ2v) is 10.5. The molecule has 2 heterocycles. The van der Waals surface area contributed by atoms with Crippen molar-refractivity contribution in [3.05, 3.63) is 35.8 Å². The van der Waals surface area contributed by atoms with E-state index >= 15 is 0 Å². The summed E-state index contributed by atoms with van der Waals surface area (Å²) in [7, 11) is 0. The molecular formula is C25H31F3N6O2. The zero-order valence-corrected chi connectivity index (χ0v) is 20.3. The van der Waals surface area contributed by atoms with Gasteiger partial charge in [0, 0.05) is 24.2 Å². The van der Waals surface area contributed by atoms with Crippen LogP contribution in [0.15, 0.2) is 18.3 Å². The zero-order chi connectivity index (χ0) is 25.6. The van der Waals surface area contributed by atoms with Crippen molar-refractivity contribution >= 4 is 28.7 Å². The van der Waals surface area contributed by atoms with Gasteiger partial charge in [0.05, 0.1) is 17.9 Å². The van der Waals surface area contributed by atoms with Crippen molar-refractivity contribution in [2.24, 2.45) is 5.92 Å². The molecule has 8 nitrogen and oxygen atoms in total. The fourth-order valence-corrected chi connectivity index (χ4v) is 5.40. The van der Waals surface area contributed by atoms with Gasteiger partial charge in [0.2, 0.25) is 11.9 Å². The Morgan fingerprint density at radius 2 is 1.69 bits per heavy atom. The highest BCUT2D eigenvalue weighted by molar-refractivity contribution is 5.76. The first-order valence-electron chi connectivity index (χ1n) is 12.4. The molecule has 2 aromatic heterocycles. The first-order chi connectivity index (χ1) is 17.1. The van der Waals surface area contributed by atoms with Crippen LogP contribution in [0.3, 0.4) is 0 Å². The molecule has 0 aliphatic heterocycles. The SMILES string of the molecule is CC(C)(O)C1CC[C@H](n2c(Nc3c(F)cc(F)cc3F)nc3cnc(NC4CCC(O)CC4)nc32)C1. The normalized spacial score (nSPS) is 24.9. The van der Waals surface area contributed by atoms with Crippen LogP contribution in [0.5, 0.6) is 0 Å². The van der Waals surface area contributed by atoms with Gasteiger partial charge in [-0.15, -0.1) is 0 Å². The first-order valence-corrected chi connectivity index (χ1v) is 12.4.